The lowest BCUT2D eigenvalue weighted by atomic mass is 9.88. The number of rotatable bonds is 19. The molecule has 402 valence electrons. The highest BCUT2D eigenvalue weighted by Crippen LogP contribution is 2.66. The Bertz CT molecular complexity index is 3400. The maximum Gasteiger partial charge on any atom is 0.490 e. The molecule has 0 bridgehead atoms. The monoisotopic (exact) mass is 1120 g/mol. The van der Waals surface area contributed by atoms with E-state index in [-0.39, 0.29) is 36.6 Å². The van der Waals surface area contributed by atoms with Crippen LogP contribution in [0.1, 0.15) is 57.4 Å². The van der Waals surface area contributed by atoms with E-state index in [4.69, 9.17) is 34.7 Å². The van der Waals surface area contributed by atoms with Crippen LogP contribution in [0, 0.1) is 0 Å². The van der Waals surface area contributed by atoms with Crippen LogP contribution < -0.4 is 46.9 Å². The second kappa shape index (κ2) is 20.9. The molecule has 2 unspecified atom stereocenters. The SMILES string of the molecule is CC[N+]1=c2cc3c(cc2CCC1)=Nc1cc2c(cc1O3)N(CCCC(=O)NCCNC(=O)O[C@H]1[C@@H](O)[C@H](n3cnc4c(=O)[nH]c(N)nc43)O[C@@H]1COP(=O)(O)OP(=O)(O)OP(=O)(O)O)C(C)(C)C=C2CS(=O)(=O)O. The van der Waals surface area contributed by atoms with Crippen LogP contribution in [0.5, 0.6) is 11.5 Å². The van der Waals surface area contributed by atoms with Crippen LogP contribution in [0.4, 0.5) is 22.1 Å². The highest BCUT2D eigenvalue weighted by atomic mass is 32.2. The molecular formula is C40H52N10O20P3S+. The number of aliphatic hydroxyl groups is 1. The molecule has 34 heteroatoms. The number of aromatic amines is 1. The molecule has 11 N–H and O–H groups in total. The Hall–Kier alpha value is -5.49. The van der Waals surface area contributed by atoms with Crippen molar-refractivity contribution in [1.82, 2.24) is 34.7 Å². The summed E-state index contributed by atoms with van der Waals surface area (Å²) >= 11 is 0. The zero-order valence-electron chi connectivity index (χ0n) is 39.5. The molecule has 0 spiro atoms. The van der Waals surface area contributed by atoms with Crippen molar-refractivity contribution in [3.05, 3.63) is 68.9 Å². The minimum absolute atomic E-state index is 0.00325. The van der Waals surface area contributed by atoms with E-state index in [1.165, 1.54) is 0 Å². The van der Waals surface area contributed by atoms with Gasteiger partial charge in [0.15, 0.2) is 35.0 Å². The summed E-state index contributed by atoms with van der Waals surface area (Å²) in [7, 11) is -21.8. The number of phosphoric ester groups is 1. The molecule has 74 heavy (non-hydrogen) atoms. The molecule has 2 amide bonds. The number of anilines is 2. The smallest absolute Gasteiger partial charge is 0.452 e. The zero-order chi connectivity index (χ0) is 53.7. The number of aliphatic hydroxyl groups excluding tert-OH is 1. The van der Waals surface area contributed by atoms with E-state index in [1.54, 1.807) is 18.2 Å². The fraction of sp³-hybridized carbons (Fsp3) is 0.475. The van der Waals surface area contributed by atoms with Gasteiger partial charge in [0.2, 0.25) is 17.2 Å². The number of carbonyl (C=O) groups is 2. The number of benzene rings is 2. The highest BCUT2D eigenvalue weighted by Gasteiger charge is 2.50. The van der Waals surface area contributed by atoms with Gasteiger partial charge in [-0.1, -0.05) is 6.08 Å². The van der Waals surface area contributed by atoms with Crippen molar-refractivity contribution in [2.75, 3.05) is 55.7 Å². The van der Waals surface area contributed by atoms with E-state index >= 15 is 0 Å². The van der Waals surface area contributed by atoms with Crippen molar-refractivity contribution in [2.45, 2.75) is 76.5 Å². The molecule has 0 saturated carbocycles. The van der Waals surface area contributed by atoms with Crippen molar-refractivity contribution in [2.24, 2.45) is 4.99 Å². The predicted molar refractivity (Wildman–Crippen MR) is 257 cm³/mol. The third-order valence-electron chi connectivity index (χ3n) is 12.1. The van der Waals surface area contributed by atoms with Crippen LogP contribution in [-0.4, -0.2) is 138 Å². The minimum Gasteiger partial charge on any atom is -0.452 e. The number of fused-ring (bicyclic) bond motifs is 5. The van der Waals surface area contributed by atoms with Gasteiger partial charge in [-0.15, -0.1) is 0 Å². The van der Waals surface area contributed by atoms with Crippen molar-refractivity contribution >= 4 is 79.6 Å². The summed E-state index contributed by atoms with van der Waals surface area (Å²) < 4.78 is 103. The Morgan fingerprint density at radius 1 is 1.05 bits per heavy atom. The first-order valence-electron chi connectivity index (χ1n) is 22.6. The van der Waals surface area contributed by atoms with Crippen LogP contribution in [0.2, 0.25) is 0 Å². The lowest BCUT2D eigenvalue weighted by molar-refractivity contribution is -0.121. The van der Waals surface area contributed by atoms with Crippen LogP contribution in [0.25, 0.3) is 16.7 Å². The van der Waals surface area contributed by atoms with Gasteiger partial charge in [-0.05, 0) is 51.3 Å². The zero-order valence-corrected chi connectivity index (χ0v) is 43.0. The molecule has 4 aliphatic heterocycles. The van der Waals surface area contributed by atoms with Gasteiger partial charge in [0.25, 0.3) is 15.7 Å². The number of nitrogens with one attached hydrogen (secondary N) is 3. The van der Waals surface area contributed by atoms with Crippen molar-refractivity contribution in [3.63, 3.8) is 0 Å². The molecule has 4 aliphatic rings. The van der Waals surface area contributed by atoms with Crippen molar-refractivity contribution < 1.29 is 88.3 Å². The predicted octanol–water partition coefficient (Wildman–Crippen LogP) is 0.379. The highest BCUT2D eigenvalue weighted by molar-refractivity contribution is 7.86. The lowest BCUT2D eigenvalue weighted by Crippen LogP contribution is -2.46. The van der Waals surface area contributed by atoms with Crippen LogP contribution in [0.15, 0.2) is 46.5 Å². The standard InChI is InChI=1S/C40H51N10O20P3S/c1-4-48-11-5-7-21-13-24-28(15-26(21)48)66-29-16-27-23(14-25(29)45-24)22(19-74(62,63)64)17-40(2,3)50(27)12-6-8-31(51)42-9-10-43-39(54)68-34-30(18-65-72(58,59)70-73(60,61)69-71(55,56)57)67-37(33(34)52)49-20-44-32-35(49)46-38(41)47-36(32)53/h13-17,20,30,33-34,37,52H,4-12,18-19H2,1-3H3,(H9-,41,42,43,46,47,51,53,54,55,56,57,58,59,60,61,62,63,64)/p+1/t30-,33-,34-,37-/m1/s1. The van der Waals surface area contributed by atoms with E-state index in [2.05, 4.69) is 50.2 Å². The quantitative estimate of drug-likeness (QED) is 0.0231. The molecule has 2 aromatic heterocycles. The largest absolute Gasteiger partial charge is 0.490 e. The first-order chi connectivity index (χ1) is 34.6. The Morgan fingerprint density at radius 3 is 2.51 bits per heavy atom. The summed E-state index contributed by atoms with van der Waals surface area (Å²) in [6.45, 7) is 6.31. The number of alkyl carbamates (subject to hydrolysis) is 1. The van der Waals surface area contributed by atoms with E-state index in [0.717, 1.165) is 47.7 Å². The van der Waals surface area contributed by atoms with E-state index < -0.39 is 93.6 Å². The number of nitrogens with two attached hydrogens (primary N) is 1. The van der Waals surface area contributed by atoms with Crippen LogP contribution >= 0.6 is 23.5 Å². The molecule has 4 aromatic rings. The molecule has 1 fully saturated rings. The first kappa shape index (κ1) is 54.8. The summed E-state index contributed by atoms with van der Waals surface area (Å²) in [4.78, 5) is 92.9. The van der Waals surface area contributed by atoms with Gasteiger partial charge in [-0.2, -0.15) is 22.0 Å². The minimum atomic E-state index is -5.93. The summed E-state index contributed by atoms with van der Waals surface area (Å²) in [5, 5.41) is 18.1. The lowest BCUT2D eigenvalue weighted by Gasteiger charge is -2.44. The van der Waals surface area contributed by atoms with Gasteiger partial charge in [-0.3, -0.25) is 28.2 Å². The number of phosphoric acid groups is 3. The first-order valence-corrected chi connectivity index (χ1v) is 28.7. The van der Waals surface area contributed by atoms with Crippen molar-refractivity contribution in [1.29, 1.82) is 0 Å². The number of H-pyrrole nitrogens is 1. The van der Waals surface area contributed by atoms with Gasteiger partial charge in [0.1, 0.15) is 42.1 Å². The number of imidazole rings is 1. The number of nitrogens with zero attached hydrogens (tertiary/aromatic N) is 6. The molecule has 1 saturated heterocycles. The third-order valence-corrected chi connectivity index (χ3v) is 16.6. The maximum atomic E-state index is 13.1. The van der Waals surface area contributed by atoms with Gasteiger partial charge in [0.05, 0.1) is 24.5 Å². The van der Waals surface area contributed by atoms with Crippen molar-refractivity contribution in [3.8, 4) is 11.5 Å². The molecule has 6 heterocycles. The fourth-order valence-electron chi connectivity index (χ4n) is 9.09. The Labute approximate surface area is 419 Å². The molecule has 0 aliphatic carbocycles. The summed E-state index contributed by atoms with van der Waals surface area (Å²) in [5.41, 5.74) is 6.72. The molecule has 2 aromatic carbocycles. The average molecular weight is 1120 g/mol. The summed E-state index contributed by atoms with van der Waals surface area (Å²) in [6.07, 6.45) is -3.32. The Balaban J connectivity index is 0.898. The Morgan fingerprint density at radius 2 is 1.80 bits per heavy atom. The van der Waals surface area contributed by atoms with E-state index in [1.807, 2.05) is 30.9 Å². The molecule has 8 rings (SSSR count). The normalized spacial score (nSPS) is 21.7. The average Bonchev–Trinajstić information content (AvgIpc) is 3.83. The fourth-order valence-corrected chi connectivity index (χ4v) is 12.8. The number of aryl methyl sites for hydroxylation is 1. The van der Waals surface area contributed by atoms with Gasteiger partial charge < -0.3 is 60.2 Å². The number of ether oxygens (including phenoxy) is 3. The number of nitrogen functional groups attached to an aromatic ring is 1. The van der Waals surface area contributed by atoms with Gasteiger partial charge in [-0.25, -0.2) is 33.0 Å². The molecule has 30 nitrogen and oxygen atoms in total. The van der Waals surface area contributed by atoms with Crippen LogP contribution in [0.3, 0.4) is 0 Å². The molecular weight excluding hydrogens is 1070 g/mol. The number of aromatic nitrogens is 4. The second-order valence-electron chi connectivity index (χ2n) is 17.9. The second-order valence-corrected chi connectivity index (χ2v) is 23.7. The molecule has 6 atom stereocenters. The molecule has 0 radical (unpaired) electrons. The topological polar surface area (TPSA) is 429 Å². The maximum absolute atomic E-state index is 13.1. The number of carbonyl (C=O) groups excluding carboxylic acids is 2. The Kier molecular flexibility index (Phi) is 15.5. The number of amides is 2. The van der Waals surface area contributed by atoms with Gasteiger partial charge >= 0.3 is 29.6 Å². The van der Waals surface area contributed by atoms with Gasteiger partial charge in [0, 0.05) is 55.4 Å². The number of hydrogen-bond donors (Lipinski definition) is 10. The number of hydrogen-bond acceptors (Lipinski definition) is 20. The third kappa shape index (κ3) is 12.6. The van der Waals surface area contributed by atoms with E-state index in [9.17, 15) is 55.9 Å². The van der Waals surface area contributed by atoms with Crippen LogP contribution in [-0.2, 0) is 57.6 Å². The summed E-state index contributed by atoms with van der Waals surface area (Å²) in [6, 6.07) is 7.52. The summed E-state index contributed by atoms with van der Waals surface area (Å²) in [5.74, 6) is -0.411. The van der Waals surface area contributed by atoms with E-state index in [0.29, 0.717) is 52.3 Å².